The van der Waals surface area contributed by atoms with Crippen molar-refractivity contribution in [2.24, 2.45) is 0 Å². The van der Waals surface area contributed by atoms with Gasteiger partial charge in [-0.1, -0.05) is 61.5 Å². The van der Waals surface area contributed by atoms with Crippen molar-refractivity contribution >= 4 is 23.6 Å². The van der Waals surface area contributed by atoms with Crippen LogP contribution in [-0.4, -0.2) is 59.6 Å². The fraction of sp³-hybridized carbons (Fsp3) is 0.360. The fourth-order valence-electron chi connectivity index (χ4n) is 4.74. The van der Waals surface area contributed by atoms with Crippen LogP contribution in [0.5, 0.6) is 0 Å². The molecule has 32 heavy (non-hydrogen) atoms. The summed E-state index contributed by atoms with van der Waals surface area (Å²) in [6.45, 7) is 2.63. The molecule has 2 aromatic rings. The van der Waals surface area contributed by atoms with E-state index in [0.717, 1.165) is 16.0 Å². The third-order valence-electron chi connectivity index (χ3n) is 6.58. The summed E-state index contributed by atoms with van der Waals surface area (Å²) < 4.78 is 0. The molecule has 7 nitrogen and oxygen atoms in total. The number of nitrogens with zero attached hydrogens (tertiary/aromatic N) is 2. The zero-order valence-electron chi connectivity index (χ0n) is 18.3. The maximum absolute atomic E-state index is 13.4. The predicted molar refractivity (Wildman–Crippen MR) is 119 cm³/mol. The zero-order valence-corrected chi connectivity index (χ0v) is 18.3. The Kier molecular flexibility index (Phi) is 5.82. The lowest BCUT2D eigenvalue weighted by Crippen LogP contribution is -2.58. The van der Waals surface area contributed by atoms with Crippen molar-refractivity contribution in [3.05, 3.63) is 60.2 Å². The number of imide groups is 1. The van der Waals surface area contributed by atoms with Gasteiger partial charge in [-0.05, 0) is 23.1 Å². The maximum atomic E-state index is 13.4. The summed E-state index contributed by atoms with van der Waals surface area (Å²) in [6.07, 6.45) is 0.287. The molecule has 2 saturated heterocycles. The second-order valence-electron chi connectivity index (χ2n) is 8.44. The van der Waals surface area contributed by atoms with Gasteiger partial charge in [0.2, 0.25) is 23.6 Å². The van der Waals surface area contributed by atoms with E-state index in [2.05, 4.69) is 5.32 Å². The van der Waals surface area contributed by atoms with E-state index in [-0.39, 0.29) is 36.5 Å². The Hall–Kier alpha value is -3.48. The van der Waals surface area contributed by atoms with Crippen LogP contribution in [0.3, 0.4) is 0 Å². The first-order chi connectivity index (χ1) is 15.4. The number of hydrogen-bond acceptors (Lipinski definition) is 4. The van der Waals surface area contributed by atoms with E-state index >= 15 is 0 Å². The minimum Gasteiger partial charge on any atom is -0.353 e. The quantitative estimate of drug-likeness (QED) is 0.732. The molecule has 1 N–H and O–H groups in total. The maximum Gasteiger partial charge on any atom is 0.242 e. The van der Waals surface area contributed by atoms with Crippen LogP contribution in [0.1, 0.15) is 31.7 Å². The lowest BCUT2D eigenvalue weighted by Gasteiger charge is -2.37. The molecular formula is C25H27N3O4. The number of nitrogens with one attached hydrogen (secondary N) is 1. The molecule has 0 saturated carbocycles. The van der Waals surface area contributed by atoms with E-state index in [1.54, 1.807) is 4.90 Å². The average Bonchev–Trinajstić information content (AvgIpc) is 3.03. The minimum absolute atomic E-state index is 0.0599. The number of hydrogen-bond donors (Lipinski definition) is 1. The molecule has 0 bridgehead atoms. The molecule has 4 amide bonds. The van der Waals surface area contributed by atoms with Gasteiger partial charge < -0.3 is 10.2 Å². The third-order valence-corrected chi connectivity index (χ3v) is 6.58. The largest absolute Gasteiger partial charge is 0.353 e. The molecule has 4 rings (SSSR count). The predicted octanol–water partition coefficient (Wildman–Crippen LogP) is 2.11. The Morgan fingerprint density at radius 3 is 2.28 bits per heavy atom. The lowest BCUT2D eigenvalue weighted by atomic mass is 9.75. The summed E-state index contributed by atoms with van der Waals surface area (Å²) in [5, 5.41) is 2.79. The molecule has 2 heterocycles. The molecule has 0 aliphatic carbocycles. The highest BCUT2D eigenvalue weighted by Crippen LogP contribution is 2.40. The highest BCUT2D eigenvalue weighted by atomic mass is 16.2. The van der Waals surface area contributed by atoms with E-state index in [0.29, 0.717) is 25.1 Å². The van der Waals surface area contributed by atoms with Gasteiger partial charge in [0.15, 0.2) is 0 Å². The number of carbonyl (C=O) groups excluding carboxylic acids is 4. The number of amides is 4. The van der Waals surface area contributed by atoms with E-state index in [9.17, 15) is 19.2 Å². The van der Waals surface area contributed by atoms with Crippen LogP contribution in [0, 0.1) is 0 Å². The first kappa shape index (κ1) is 21.7. The molecule has 0 spiro atoms. The van der Waals surface area contributed by atoms with Gasteiger partial charge in [0.25, 0.3) is 0 Å². The van der Waals surface area contributed by atoms with E-state index in [1.165, 1.54) is 7.05 Å². The van der Waals surface area contributed by atoms with Crippen molar-refractivity contribution in [3.8, 4) is 11.1 Å². The van der Waals surface area contributed by atoms with Crippen molar-refractivity contribution in [2.45, 2.75) is 37.6 Å². The van der Waals surface area contributed by atoms with Crippen molar-refractivity contribution in [1.29, 1.82) is 0 Å². The van der Waals surface area contributed by atoms with E-state index in [4.69, 9.17) is 0 Å². The molecule has 0 unspecified atom stereocenters. The number of likely N-dealkylation sites (tertiary alicyclic amines) is 1. The minimum atomic E-state index is -1.26. The molecule has 166 valence electrons. The van der Waals surface area contributed by atoms with Crippen LogP contribution in [0.2, 0.25) is 0 Å². The molecule has 0 radical (unpaired) electrons. The summed E-state index contributed by atoms with van der Waals surface area (Å²) in [5.41, 5.74) is 1.41. The SMILES string of the molecule is CC[C@H]1C(=O)NCCN1C(=O)C[C@]1(c2ccc(-c3ccccc3)cc2)CC(=O)N(C)C1=O. The number of likely N-dealkylation sites (N-methyl/N-ethyl adjacent to an activating group) is 1. The Morgan fingerprint density at radius 2 is 1.69 bits per heavy atom. The van der Waals surface area contributed by atoms with Gasteiger partial charge in [0.05, 0.1) is 5.41 Å². The van der Waals surface area contributed by atoms with Crippen molar-refractivity contribution in [2.75, 3.05) is 20.1 Å². The molecule has 2 atom stereocenters. The molecule has 2 aromatic carbocycles. The van der Waals surface area contributed by atoms with Crippen LogP contribution in [-0.2, 0) is 24.6 Å². The Bertz CT molecular complexity index is 1050. The van der Waals surface area contributed by atoms with Crippen LogP contribution >= 0.6 is 0 Å². The smallest absolute Gasteiger partial charge is 0.242 e. The first-order valence-electron chi connectivity index (χ1n) is 10.9. The van der Waals surface area contributed by atoms with Crippen LogP contribution in [0.25, 0.3) is 11.1 Å². The Labute approximate surface area is 187 Å². The highest BCUT2D eigenvalue weighted by molar-refractivity contribution is 6.10. The molecule has 2 fully saturated rings. The van der Waals surface area contributed by atoms with Gasteiger partial charge >= 0.3 is 0 Å². The summed E-state index contributed by atoms with van der Waals surface area (Å²) >= 11 is 0. The first-order valence-corrected chi connectivity index (χ1v) is 10.9. The Morgan fingerprint density at radius 1 is 1.03 bits per heavy atom. The Balaban J connectivity index is 1.68. The van der Waals surface area contributed by atoms with Gasteiger partial charge in [-0.15, -0.1) is 0 Å². The number of piperazine rings is 1. The zero-order chi connectivity index (χ0) is 22.9. The van der Waals surface area contributed by atoms with Crippen molar-refractivity contribution < 1.29 is 19.2 Å². The second kappa shape index (κ2) is 8.57. The lowest BCUT2D eigenvalue weighted by molar-refractivity contribution is -0.146. The summed E-state index contributed by atoms with van der Waals surface area (Å²) in [6, 6.07) is 16.8. The average molecular weight is 434 g/mol. The van der Waals surface area contributed by atoms with Gasteiger partial charge in [0, 0.05) is 33.0 Å². The summed E-state index contributed by atoms with van der Waals surface area (Å²) in [7, 11) is 1.46. The molecular weight excluding hydrogens is 406 g/mol. The standard InChI is InChI=1S/C25H27N3O4/c1-3-20-23(31)26-13-14-28(20)22(30)16-25(15-21(29)27(2)24(25)32)19-11-9-18(10-12-19)17-7-5-4-6-8-17/h4-12,20H,3,13-16H2,1-2H3,(H,26,31)/t20-,25-/m0/s1. The van der Waals surface area contributed by atoms with Gasteiger partial charge in [-0.3, -0.25) is 24.1 Å². The monoisotopic (exact) mass is 433 g/mol. The van der Waals surface area contributed by atoms with Gasteiger partial charge in [-0.2, -0.15) is 0 Å². The molecule has 2 aliphatic heterocycles. The molecule has 0 aromatic heterocycles. The number of rotatable bonds is 5. The van der Waals surface area contributed by atoms with Crippen LogP contribution in [0.15, 0.2) is 54.6 Å². The van der Waals surface area contributed by atoms with Gasteiger partial charge in [-0.25, -0.2) is 0 Å². The number of benzene rings is 2. The summed E-state index contributed by atoms with van der Waals surface area (Å²) in [4.78, 5) is 54.0. The topological polar surface area (TPSA) is 86.8 Å². The molecule has 7 heteroatoms. The molecule has 2 aliphatic rings. The summed E-state index contributed by atoms with van der Waals surface area (Å²) in [5.74, 6) is -1.15. The van der Waals surface area contributed by atoms with E-state index < -0.39 is 11.5 Å². The number of carbonyl (C=O) groups is 4. The van der Waals surface area contributed by atoms with Crippen LogP contribution in [0.4, 0.5) is 0 Å². The van der Waals surface area contributed by atoms with Gasteiger partial charge in [0.1, 0.15) is 6.04 Å². The van der Waals surface area contributed by atoms with Crippen LogP contribution < -0.4 is 5.32 Å². The van der Waals surface area contributed by atoms with Crippen molar-refractivity contribution in [1.82, 2.24) is 15.1 Å². The second-order valence-corrected chi connectivity index (χ2v) is 8.44. The third kappa shape index (κ3) is 3.68. The highest BCUT2D eigenvalue weighted by Gasteiger charge is 2.53. The van der Waals surface area contributed by atoms with Crippen molar-refractivity contribution in [3.63, 3.8) is 0 Å². The fourth-order valence-corrected chi connectivity index (χ4v) is 4.74. The normalized spacial score (nSPS) is 23.4. The van der Waals surface area contributed by atoms with E-state index in [1.807, 2.05) is 61.5 Å².